The van der Waals surface area contributed by atoms with Crippen LogP contribution in [0.5, 0.6) is 0 Å². The van der Waals surface area contributed by atoms with Crippen LogP contribution in [0.25, 0.3) is 0 Å². The van der Waals surface area contributed by atoms with Crippen LogP contribution < -0.4 is 5.32 Å². The van der Waals surface area contributed by atoms with Crippen molar-refractivity contribution in [3.05, 3.63) is 11.8 Å². The molecule has 0 aliphatic carbocycles. The van der Waals surface area contributed by atoms with E-state index in [9.17, 15) is 22.8 Å². The summed E-state index contributed by atoms with van der Waals surface area (Å²) in [5.41, 5.74) is 0. The first-order valence-electron chi connectivity index (χ1n) is 7.18. The van der Waals surface area contributed by atoms with Gasteiger partial charge in [0, 0.05) is 12.5 Å². The van der Waals surface area contributed by atoms with Crippen LogP contribution in [0.1, 0.15) is 44.4 Å². The van der Waals surface area contributed by atoms with Crippen molar-refractivity contribution in [2.75, 3.05) is 6.54 Å². The van der Waals surface area contributed by atoms with Crippen molar-refractivity contribution in [2.45, 2.75) is 51.4 Å². The number of halogens is 3. The lowest BCUT2D eigenvalue weighted by Crippen LogP contribution is -2.50. The van der Waals surface area contributed by atoms with Gasteiger partial charge in [-0.2, -0.15) is 13.2 Å². The molecule has 0 radical (unpaired) electrons. The van der Waals surface area contributed by atoms with Gasteiger partial charge >= 0.3 is 12.1 Å². The van der Waals surface area contributed by atoms with Crippen LogP contribution in [0.15, 0.2) is 4.42 Å². The zero-order chi connectivity index (χ0) is 17.2. The topological polar surface area (TPSA) is 88.3 Å². The van der Waals surface area contributed by atoms with Gasteiger partial charge in [0.05, 0.1) is 6.54 Å². The molecule has 1 aromatic heterocycles. The van der Waals surface area contributed by atoms with Crippen molar-refractivity contribution in [3.63, 3.8) is 0 Å². The molecule has 1 atom stereocenters. The Kier molecular flexibility index (Phi) is 4.90. The van der Waals surface area contributed by atoms with Crippen LogP contribution in [-0.2, 0) is 16.1 Å². The summed E-state index contributed by atoms with van der Waals surface area (Å²) in [5, 5.41) is 9.96. The van der Waals surface area contributed by atoms with Gasteiger partial charge in [0.15, 0.2) is 0 Å². The van der Waals surface area contributed by atoms with Crippen molar-refractivity contribution in [1.29, 1.82) is 0 Å². The van der Waals surface area contributed by atoms with E-state index in [1.165, 1.54) is 0 Å². The molecule has 1 fully saturated rings. The summed E-state index contributed by atoms with van der Waals surface area (Å²) in [4.78, 5) is 23.9. The number of nitrogens with zero attached hydrogens (tertiary/aromatic N) is 3. The summed E-state index contributed by atoms with van der Waals surface area (Å²) in [6.07, 6.45) is -4.45. The molecule has 2 amide bonds. The minimum Gasteiger partial charge on any atom is -0.423 e. The fourth-order valence-electron chi connectivity index (χ4n) is 2.30. The maximum Gasteiger partial charge on any atom is 0.471 e. The normalized spacial score (nSPS) is 18.5. The summed E-state index contributed by atoms with van der Waals surface area (Å²) in [5.74, 6) is -2.06. The first kappa shape index (κ1) is 17.2. The second-order valence-corrected chi connectivity index (χ2v) is 5.56. The number of carbonyl (C=O) groups excluding carboxylic acids is 2. The summed E-state index contributed by atoms with van der Waals surface area (Å²) in [6, 6.07) is -1.13. The molecule has 1 aromatic rings. The third-order valence-electron chi connectivity index (χ3n) is 3.45. The molecule has 7 nitrogen and oxygen atoms in total. The molecule has 10 heteroatoms. The number of hydrogen-bond donors (Lipinski definition) is 1. The zero-order valence-electron chi connectivity index (χ0n) is 12.7. The molecule has 1 unspecified atom stereocenters. The highest BCUT2D eigenvalue weighted by atomic mass is 19.4. The molecule has 2 heterocycles. The van der Waals surface area contributed by atoms with Gasteiger partial charge in [0.25, 0.3) is 0 Å². The number of carbonyl (C=O) groups is 2. The van der Waals surface area contributed by atoms with Crippen molar-refractivity contribution in [3.8, 4) is 0 Å². The summed E-state index contributed by atoms with van der Waals surface area (Å²) >= 11 is 0. The number of hydrogen-bond acceptors (Lipinski definition) is 5. The van der Waals surface area contributed by atoms with Gasteiger partial charge in [-0.05, 0) is 12.8 Å². The van der Waals surface area contributed by atoms with Gasteiger partial charge in [0.1, 0.15) is 6.04 Å². The number of nitrogens with one attached hydrogen (secondary N) is 1. The van der Waals surface area contributed by atoms with Gasteiger partial charge in [-0.25, -0.2) is 0 Å². The summed E-state index contributed by atoms with van der Waals surface area (Å²) in [6.45, 7) is 3.53. The highest BCUT2D eigenvalue weighted by molar-refractivity contribution is 5.90. The fraction of sp³-hybridized carbons (Fsp3) is 0.692. The third-order valence-corrected chi connectivity index (χ3v) is 3.45. The van der Waals surface area contributed by atoms with E-state index in [0.29, 0.717) is 17.2 Å². The second kappa shape index (κ2) is 6.55. The van der Waals surface area contributed by atoms with E-state index >= 15 is 0 Å². The standard InChI is InChI=1S/C13H17F3N4O3/c1-7(2)11-19-18-9(23-11)6-17-10(21)8-4-3-5-20(8)12(22)13(14,15)16/h7-8H,3-6H2,1-2H3,(H,17,21). The molecular weight excluding hydrogens is 317 g/mol. The molecular formula is C13H17F3N4O3. The van der Waals surface area contributed by atoms with Crippen LogP contribution in [-0.4, -0.2) is 45.7 Å². The van der Waals surface area contributed by atoms with Gasteiger partial charge in [0.2, 0.25) is 17.7 Å². The Morgan fingerprint density at radius 3 is 2.65 bits per heavy atom. The second-order valence-electron chi connectivity index (χ2n) is 5.56. The van der Waals surface area contributed by atoms with E-state index in [-0.39, 0.29) is 31.3 Å². The molecule has 0 aromatic carbocycles. The monoisotopic (exact) mass is 334 g/mol. The van der Waals surface area contributed by atoms with E-state index in [1.54, 1.807) is 0 Å². The minimum atomic E-state index is -4.98. The van der Waals surface area contributed by atoms with Gasteiger partial charge in [-0.3, -0.25) is 9.59 Å². The number of likely N-dealkylation sites (tertiary alicyclic amines) is 1. The third kappa shape index (κ3) is 3.99. The van der Waals surface area contributed by atoms with Crippen LogP contribution in [0.4, 0.5) is 13.2 Å². The Hall–Kier alpha value is -2.13. The summed E-state index contributed by atoms with van der Waals surface area (Å²) < 4.78 is 42.8. The van der Waals surface area contributed by atoms with Gasteiger partial charge < -0.3 is 14.6 Å². The largest absolute Gasteiger partial charge is 0.471 e. The van der Waals surface area contributed by atoms with E-state index in [4.69, 9.17) is 4.42 Å². The van der Waals surface area contributed by atoms with Crippen molar-refractivity contribution in [2.24, 2.45) is 0 Å². The lowest BCUT2D eigenvalue weighted by Gasteiger charge is -2.24. The van der Waals surface area contributed by atoms with Crippen LogP contribution in [0.2, 0.25) is 0 Å². The predicted octanol–water partition coefficient (Wildman–Crippen LogP) is 1.36. The number of rotatable bonds is 4. The SMILES string of the molecule is CC(C)c1nnc(CNC(=O)C2CCCN2C(=O)C(F)(F)F)o1. The highest BCUT2D eigenvalue weighted by Gasteiger charge is 2.47. The minimum absolute atomic E-state index is 0.0293. The summed E-state index contributed by atoms with van der Waals surface area (Å²) in [7, 11) is 0. The maximum absolute atomic E-state index is 12.5. The molecule has 2 rings (SSSR count). The van der Waals surface area contributed by atoms with Gasteiger partial charge in [-0.1, -0.05) is 13.8 Å². The number of alkyl halides is 3. The average Bonchev–Trinajstić information content (AvgIpc) is 3.11. The zero-order valence-corrected chi connectivity index (χ0v) is 12.7. The molecule has 1 aliphatic heterocycles. The molecule has 1 aliphatic rings. The maximum atomic E-state index is 12.5. The molecule has 0 saturated carbocycles. The lowest BCUT2D eigenvalue weighted by molar-refractivity contribution is -0.186. The van der Waals surface area contributed by atoms with E-state index in [2.05, 4.69) is 15.5 Å². The fourth-order valence-corrected chi connectivity index (χ4v) is 2.30. The lowest BCUT2D eigenvalue weighted by atomic mass is 10.2. The van der Waals surface area contributed by atoms with Crippen LogP contribution >= 0.6 is 0 Å². The molecule has 0 spiro atoms. The Balaban J connectivity index is 1.95. The Bertz CT molecular complexity index is 585. The molecule has 1 N–H and O–H groups in total. The number of amides is 2. The molecule has 0 bridgehead atoms. The van der Waals surface area contributed by atoms with E-state index in [0.717, 1.165) is 0 Å². The van der Waals surface area contributed by atoms with Crippen LogP contribution in [0.3, 0.4) is 0 Å². The van der Waals surface area contributed by atoms with E-state index < -0.39 is 24.0 Å². The molecule has 1 saturated heterocycles. The van der Waals surface area contributed by atoms with Gasteiger partial charge in [-0.15, -0.1) is 10.2 Å². The Morgan fingerprint density at radius 1 is 1.39 bits per heavy atom. The number of aromatic nitrogens is 2. The van der Waals surface area contributed by atoms with E-state index in [1.807, 2.05) is 13.8 Å². The average molecular weight is 334 g/mol. The Labute approximate surface area is 130 Å². The smallest absolute Gasteiger partial charge is 0.423 e. The quantitative estimate of drug-likeness (QED) is 0.898. The molecule has 23 heavy (non-hydrogen) atoms. The van der Waals surface area contributed by atoms with Crippen molar-refractivity contribution >= 4 is 11.8 Å². The van der Waals surface area contributed by atoms with Crippen molar-refractivity contribution in [1.82, 2.24) is 20.4 Å². The first-order valence-corrected chi connectivity index (χ1v) is 7.18. The first-order chi connectivity index (χ1) is 10.7. The van der Waals surface area contributed by atoms with Crippen LogP contribution in [0, 0.1) is 0 Å². The van der Waals surface area contributed by atoms with Crippen molar-refractivity contribution < 1.29 is 27.2 Å². The molecule has 128 valence electrons. The predicted molar refractivity (Wildman–Crippen MR) is 71.0 cm³/mol. The Morgan fingerprint density at radius 2 is 2.09 bits per heavy atom. The highest BCUT2D eigenvalue weighted by Crippen LogP contribution is 2.25.